The summed E-state index contributed by atoms with van der Waals surface area (Å²) in [5.41, 5.74) is 0.917. The number of fused-ring (bicyclic) bond motifs is 1. The summed E-state index contributed by atoms with van der Waals surface area (Å²) in [6, 6.07) is 20.0. The largest absolute Gasteiger partial charge is 0.507 e. The van der Waals surface area contributed by atoms with Gasteiger partial charge in [0.2, 0.25) is 0 Å². The molecule has 0 aliphatic rings. The van der Waals surface area contributed by atoms with Crippen LogP contribution in [0.2, 0.25) is 0 Å². The first-order valence-corrected chi connectivity index (χ1v) is 6.90. The predicted molar refractivity (Wildman–Crippen MR) is 86.7 cm³/mol. The highest BCUT2D eigenvalue weighted by Gasteiger charge is 2.09. The topological polar surface area (TPSA) is 46.5 Å². The summed E-state index contributed by atoms with van der Waals surface area (Å²) in [6.07, 6.45) is 3.06. The quantitative estimate of drug-likeness (QED) is 0.447. The Morgan fingerprint density at radius 3 is 2.41 bits per heavy atom. The van der Waals surface area contributed by atoms with E-state index in [0.29, 0.717) is 11.1 Å². The number of ether oxygens (including phenoxy) is 1. The highest BCUT2D eigenvalue weighted by atomic mass is 16.5. The molecule has 0 saturated heterocycles. The van der Waals surface area contributed by atoms with E-state index in [4.69, 9.17) is 4.74 Å². The fourth-order valence-corrected chi connectivity index (χ4v) is 2.24. The number of benzene rings is 3. The van der Waals surface area contributed by atoms with Crippen LogP contribution in [-0.4, -0.2) is 11.1 Å². The minimum atomic E-state index is -0.486. The molecule has 0 aromatic heterocycles. The molecule has 0 fully saturated rings. The zero-order valence-corrected chi connectivity index (χ0v) is 11.8. The molecule has 0 atom stereocenters. The monoisotopic (exact) mass is 290 g/mol. The maximum absolute atomic E-state index is 12.0. The Morgan fingerprint density at radius 2 is 1.64 bits per heavy atom. The average molecular weight is 290 g/mol. The van der Waals surface area contributed by atoms with Crippen LogP contribution < -0.4 is 4.74 Å². The van der Waals surface area contributed by atoms with Crippen molar-refractivity contribution in [2.24, 2.45) is 0 Å². The fourth-order valence-electron chi connectivity index (χ4n) is 2.24. The molecule has 0 spiro atoms. The van der Waals surface area contributed by atoms with Gasteiger partial charge >= 0.3 is 5.97 Å². The Bertz CT molecular complexity index is 830. The van der Waals surface area contributed by atoms with E-state index in [1.807, 2.05) is 42.5 Å². The molecule has 0 aliphatic carbocycles. The molecule has 0 saturated carbocycles. The van der Waals surface area contributed by atoms with Gasteiger partial charge in [-0.1, -0.05) is 54.6 Å². The lowest BCUT2D eigenvalue weighted by atomic mass is 10.1. The van der Waals surface area contributed by atoms with Crippen molar-refractivity contribution in [2.75, 3.05) is 0 Å². The Morgan fingerprint density at radius 1 is 0.909 bits per heavy atom. The lowest BCUT2D eigenvalue weighted by Gasteiger charge is -2.07. The standard InChI is InChI=1S/C19H14O3/c20-16-10-4-8-15-9-5-11-17(19(15)16)22-18(21)13-12-14-6-2-1-3-7-14/h1-13,20H/b13-12+. The Kier molecular flexibility index (Phi) is 3.88. The summed E-state index contributed by atoms with van der Waals surface area (Å²) in [7, 11) is 0. The highest BCUT2D eigenvalue weighted by molar-refractivity contribution is 5.97. The molecule has 3 nitrogen and oxygen atoms in total. The normalized spacial score (nSPS) is 10.9. The highest BCUT2D eigenvalue weighted by Crippen LogP contribution is 2.33. The Labute approximate surface area is 128 Å². The number of carbonyl (C=O) groups excluding carboxylic acids is 1. The van der Waals surface area contributed by atoms with Crippen molar-refractivity contribution < 1.29 is 14.6 Å². The molecule has 0 heterocycles. The van der Waals surface area contributed by atoms with Gasteiger partial charge in [-0.05, 0) is 29.2 Å². The number of phenolic OH excluding ortho intramolecular Hbond substituents is 1. The van der Waals surface area contributed by atoms with Crippen molar-refractivity contribution in [2.45, 2.75) is 0 Å². The number of aromatic hydroxyl groups is 1. The molecule has 3 rings (SSSR count). The van der Waals surface area contributed by atoms with Crippen LogP contribution in [0.5, 0.6) is 11.5 Å². The first-order chi connectivity index (χ1) is 10.7. The summed E-state index contributed by atoms with van der Waals surface area (Å²) >= 11 is 0. The van der Waals surface area contributed by atoms with Crippen LogP contribution >= 0.6 is 0 Å². The molecule has 0 amide bonds. The summed E-state index contributed by atoms with van der Waals surface area (Å²) < 4.78 is 5.34. The van der Waals surface area contributed by atoms with Gasteiger partial charge in [0.25, 0.3) is 0 Å². The van der Waals surface area contributed by atoms with Crippen LogP contribution in [0.15, 0.2) is 72.8 Å². The van der Waals surface area contributed by atoms with E-state index >= 15 is 0 Å². The van der Waals surface area contributed by atoms with E-state index in [2.05, 4.69) is 0 Å². The third kappa shape index (κ3) is 2.99. The predicted octanol–water partition coefficient (Wildman–Crippen LogP) is 4.16. The molecule has 22 heavy (non-hydrogen) atoms. The first kappa shape index (κ1) is 13.9. The minimum Gasteiger partial charge on any atom is -0.507 e. The van der Waals surface area contributed by atoms with Crippen molar-refractivity contribution in [1.82, 2.24) is 0 Å². The number of rotatable bonds is 3. The molecular weight excluding hydrogens is 276 g/mol. The zero-order chi connectivity index (χ0) is 15.4. The van der Waals surface area contributed by atoms with Crippen molar-refractivity contribution in [3.8, 4) is 11.5 Å². The fraction of sp³-hybridized carbons (Fsp3) is 0. The van der Waals surface area contributed by atoms with E-state index in [0.717, 1.165) is 10.9 Å². The third-order valence-corrected chi connectivity index (χ3v) is 3.27. The van der Waals surface area contributed by atoms with Gasteiger partial charge in [0.1, 0.15) is 11.5 Å². The number of hydrogen-bond donors (Lipinski definition) is 1. The SMILES string of the molecule is O=C(/C=C/c1ccccc1)Oc1cccc2cccc(O)c12. The second kappa shape index (κ2) is 6.14. The number of carbonyl (C=O) groups is 1. The number of esters is 1. The van der Waals surface area contributed by atoms with Crippen LogP contribution in [0.3, 0.4) is 0 Å². The Hall–Kier alpha value is -3.07. The molecule has 0 bridgehead atoms. The molecular formula is C19H14O3. The van der Waals surface area contributed by atoms with E-state index in [1.54, 1.807) is 30.3 Å². The molecule has 1 N–H and O–H groups in total. The lowest BCUT2D eigenvalue weighted by molar-refractivity contribution is -0.128. The van der Waals surface area contributed by atoms with Gasteiger partial charge in [0.15, 0.2) is 0 Å². The van der Waals surface area contributed by atoms with Gasteiger partial charge in [-0.3, -0.25) is 0 Å². The van der Waals surface area contributed by atoms with Crippen LogP contribution in [0.1, 0.15) is 5.56 Å². The maximum Gasteiger partial charge on any atom is 0.336 e. The van der Waals surface area contributed by atoms with Gasteiger partial charge in [0, 0.05) is 6.08 Å². The van der Waals surface area contributed by atoms with E-state index in [9.17, 15) is 9.90 Å². The second-order valence-electron chi connectivity index (χ2n) is 4.80. The molecule has 108 valence electrons. The lowest BCUT2D eigenvalue weighted by Crippen LogP contribution is -2.04. The van der Waals surface area contributed by atoms with Crippen molar-refractivity contribution in [3.05, 3.63) is 78.4 Å². The maximum atomic E-state index is 12.0. The summed E-state index contributed by atoms with van der Waals surface area (Å²) in [6.45, 7) is 0. The van der Waals surface area contributed by atoms with E-state index < -0.39 is 5.97 Å². The number of hydrogen-bond acceptors (Lipinski definition) is 3. The van der Waals surface area contributed by atoms with Gasteiger partial charge < -0.3 is 9.84 Å². The second-order valence-corrected chi connectivity index (χ2v) is 4.80. The van der Waals surface area contributed by atoms with Crippen LogP contribution in [0.4, 0.5) is 0 Å². The number of phenols is 1. The van der Waals surface area contributed by atoms with Crippen molar-refractivity contribution in [1.29, 1.82) is 0 Å². The van der Waals surface area contributed by atoms with Gasteiger partial charge in [-0.2, -0.15) is 0 Å². The van der Waals surface area contributed by atoms with Gasteiger partial charge in [-0.15, -0.1) is 0 Å². The molecule has 3 aromatic carbocycles. The minimum absolute atomic E-state index is 0.0907. The van der Waals surface area contributed by atoms with E-state index in [-0.39, 0.29) is 5.75 Å². The first-order valence-electron chi connectivity index (χ1n) is 6.90. The molecule has 0 unspecified atom stereocenters. The van der Waals surface area contributed by atoms with Crippen molar-refractivity contribution in [3.63, 3.8) is 0 Å². The average Bonchev–Trinajstić information content (AvgIpc) is 2.54. The Balaban J connectivity index is 1.84. The molecule has 3 heteroatoms. The van der Waals surface area contributed by atoms with E-state index in [1.165, 1.54) is 6.08 Å². The van der Waals surface area contributed by atoms with Crippen LogP contribution in [0.25, 0.3) is 16.8 Å². The van der Waals surface area contributed by atoms with Crippen LogP contribution in [-0.2, 0) is 4.79 Å². The smallest absolute Gasteiger partial charge is 0.336 e. The third-order valence-electron chi connectivity index (χ3n) is 3.27. The summed E-state index contributed by atoms with van der Waals surface area (Å²) in [5, 5.41) is 11.3. The van der Waals surface area contributed by atoms with Crippen molar-refractivity contribution >= 4 is 22.8 Å². The molecule has 0 aliphatic heterocycles. The molecule has 0 radical (unpaired) electrons. The zero-order valence-electron chi connectivity index (χ0n) is 11.8. The van der Waals surface area contributed by atoms with Crippen LogP contribution in [0, 0.1) is 0 Å². The van der Waals surface area contributed by atoms with Gasteiger partial charge in [0.05, 0.1) is 5.39 Å². The van der Waals surface area contributed by atoms with Gasteiger partial charge in [-0.25, -0.2) is 4.79 Å². The molecule has 3 aromatic rings. The summed E-state index contributed by atoms with van der Waals surface area (Å²) in [4.78, 5) is 12.0. The summed E-state index contributed by atoms with van der Waals surface area (Å²) in [5.74, 6) is -0.0501.